The quantitative estimate of drug-likeness (QED) is 0.835. The minimum Gasteiger partial charge on any atom is -0.468 e. The van der Waals surface area contributed by atoms with Crippen LogP contribution in [0, 0.1) is 5.92 Å². The first-order valence-corrected chi connectivity index (χ1v) is 10.0. The van der Waals surface area contributed by atoms with E-state index in [-0.39, 0.29) is 23.8 Å². The molecule has 4 rings (SSSR count). The van der Waals surface area contributed by atoms with Gasteiger partial charge in [0.1, 0.15) is 5.76 Å². The van der Waals surface area contributed by atoms with Crippen LogP contribution < -0.4 is 5.32 Å². The summed E-state index contributed by atoms with van der Waals surface area (Å²) in [6, 6.07) is 13.8. The molecule has 6 nitrogen and oxygen atoms in total. The van der Waals surface area contributed by atoms with Gasteiger partial charge in [-0.25, -0.2) is 0 Å². The lowest BCUT2D eigenvalue weighted by molar-refractivity contribution is -0.128. The number of nitrogens with zero attached hydrogens (tertiary/aromatic N) is 2. The predicted molar refractivity (Wildman–Crippen MR) is 105 cm³/mol. The van der Waals surface area contributed by atoms with Gasteiger partial charge in [0.15, 0.2) is 0 Å². The number of amides is 2. The summed E-state index contributed by atoms with van der Waals surface area (Å²) in [4.78, 5) is 29.1. The van der Waals surface area contributed by atoms with Crippen molar-refractivity contribution in [2.45, 2.75) is 38.4 Å². The van der Waals surface area contributed by atoms with E-state index in [1.807, 2.05) is 47.4 Å². The molecule has 2 aliphatic rings. The zero-order chi connectivity index (χ0) is 19.3. The van der Waals surface area contributed by atoms with Gasteiger partial charge in [-0.15, -0.1) is 0 Å². The highest BCUT2D eigenvalue weighted by Crippen LogP contribution is 2.21. The molecule has 28 heavy (non-hydrogen) atoms. The summed E-state index contributed by atoms with van der Waals surface area (Å²) in [6.07, 6.45) is 3.79. The van der Waals surface area contributed by atoms with Crippen LogP contribution in [0.4, 0.5) is 0 Å². The van der Waals surface area contributed by atoms with Crippen LogP contribution in [-0.2, 0) is 22.7 Å². The van der Waals surface area contributed by atoms with Crippen LogP contribution in [0.3, 0.4) is 0 Å². The molecular weight excluding hydrogens is 354 g/mol. The van der Waals surface area contributed by atoms with E-state index >= 15 is 0 Å². The van der Waals surface area contributed by atoms with Crippen molar-refractivity contribution in [1.29, 1.82) is 0 Å². The number of likely N-dealkylation sites (tertiary alicyclic amines) is 2. The van der Waals surface area contributed by atoms with Crippen LogP contribution in [-0.4, -0.2) is 47.3 Å². The average molecular weight is 381 g/mol. The summed E-state index contributed by atoms with van der Waals surface area (Å²) >= 11 is 0. The van der Waals surface area contributed by atoms with Gasteiger partial charge in [-0.1, -0.05) is 30.3 Å². The molecule has 1 atom stereocenters. The Kier molecular flexibility index (Phi) is 5.76. The van der Waals surface area contributed by atoms with Crippen molar-refractivity contribution in [2.75, 3.05) is 19.6 Å². The highest BCUT2D eigenvalue weighted by Gasteiger charge is 2.33. The highest BCUT2D eigenvalue weighted by molar-refractivity contribution is 5.83. The van der Waals surface area contributed by atoms with E-state index in [4.69, 9.17) is 4.42 Å². The molecule has 1 N–H and O–H groups in total. The zero-order valence-electron chi connectivity index (χ0n) is 16.0. The molecule has 148 valence electrons. The second kappa shape index (κ2) is 8.61. The normalized spacial score (nSPS) is 21.2. The van der Waals surface area contributed by atoms with E-state index < -0.39 is 0 Å². The second-order valence-electron chi connectivity index (χ2n) is 7.80. The summed E-state index contributed by atoms with van der Waals surface area (Å²) in [5, 5.41) is 3.12. The smallest absolute Gasteiger partial charge is 0.225 e. The number of furan rings is 1. The number of piperidine rings is 1. The fourth-order valence-corrected chi connectivity index (χ4v) is 4.12. The molecule has 6 heteroatoms. The Balaban J connectivity index is 1.22. The molecule has 0 bridgehead atoms. The number of benzene rings is 1. The van der Waals surface area contributed by atoms with Crippen molar-refractivity contribution in [3.8, 4) is 0 Å². The van der Waals surface area contributed by atoms with Crippen LogP contribution in [0.5, 0.6) is 0 Å². The lowest BCUT2D eigenvalue weighted by Gasteiger charge is -2.31. The average Bonchev–Trinajstić information content (AvgIpc) is 3.33. The van der Waals surface area contributed by atoms with Crippen LogP contribution in [0.1, 0.15) is 30.6 Å². The van der Waals surface area contributed by atoms with Gasteiger partial charge in [0, 0.05) is 25.4 Å². The molecule has 2 amide bonds. The molecule has 0 spiro atoms. The van der Waals surface area contributed by atoms with Gasteiger partial charge in [-0.05, 0) is 43.6 Å². The summed E-state index contributed by atoms with van der Waals surface area (Å²) in [5.74, 6) is 1.21. The minimum absolute atomic E-state index is 0.0335. The van der Waals surface area contributed by atoms with Crippen molar-refractivity contribution < 1.29 is 14.0 Å². The van der Waals surface area contributed by atoms with Gasteiger partial charge in [-0.2, -0.15) is 0 Å². The van der Waals surface area contributed by atoms with Gasteiger partial charge in [0.05, 0.1) is 18.8 Å². The maximum absolute atomic E-state index is 12.7. The Bertz CT molecular complexity index is 783. The summed E-state index contributed by atoms with van der Waals surface area (Å²) < 4.78 is 5.40. The highest BCUT2D eigenvalue weighted by atomic mass is 16.3. The Morgan fingerprint density at radius 1 is 1.07 bits per heavy atom. The van der Waals surface area contributed by atoms with Crippen LogP contribution >= 0.6 is 0 Å². The Hall–Kier alpha value is -2.60. The molecule has 2 aliphatic heterocycles. The Labute approximate surface area is 165 Å². The lowest BCUT2D eigenvalue weighted by atomic mass is 9.95. The molecule has 1 unspecified atom stereocenters. The first kappa shape index (κ1) is 18.7. The van der Waals surface area contributed by atoms with Crippen molar-refractivity contribution >= 4 is 11.8 Å². The van der Waals surface area contributed by atoms with E-state index in [1.165, 1.54) is 0 Å². The van der Waals surface area contributed by atoms with E-state index in [0.717, 1.165) is 43.8 Å². The molecule has 0 aliphatic carbocycles. The second-order valence-corrected chi connectivity index (χ2v) is 7.80. The monoisotopic (exact) mass is 381 g/mol. The van der Waals surface area contributed by atoms with Crippen molar-refractivity contribution in [1.82, 2.24) is 15.1 Å². The third-order valence-electron chi connectivity index (χ3n) is 5.70. The van der Waals surface area contributed by atoms with Crippen LogP contribution in [0.25, 0.3) is 0 Å². The van der Waals surface area contributed by atoms with Gasteiger partial charge < -0.3 is 14.6 Å². The molecule has 2 saturated heterocycles. The topological polar surface area (TPSA) is 65.8 Å². The van der Waals surface area contributed by atoms with E-state index in [1.54, 1.807) is 6.26 Å². The van der Waals surface area contributed by atoms with Crippen molar-refractivity contribution in [2.24, 2.45) is 5.92 Å². The molecule has 2 fully saturated rings. The van der Waals surface area contributed by atoms with Crippen LogP contribution in [0.2, 0.25) is 0 Å². The first-order chi connectivity index (χ1) is 13.7. The summed E-state index contributed by atoms with van der Waals surface area (Å²) in [7, 11) is 0. The molecular formula is C22H27N3O3. The predicted octanol–water partition coefficient (Wildman–Crippen LogP) is 2.41. The fourth-order valence-electron chi connectivity index (χ4n) is 4.12. The molecule has 1 aromatic carbocycles. The number of nitrogens with one attached hydrogen (secondary N) is 1. The van der Waals surface area contributed by atoms with Crippen molar-refractivity contribution in [3.05, 3.63) is 60.1 Å². The number of hydrogen-bond acceptors (Lipinski definition) is 4. The van der Waals surface area contributed by atoms with Gasteiger partial charge in [0.25, 0.3) is 0 Å². The molecule has 0 radical (unpaired) electrons. The first-order valence-electron chi connectivity index (χ1n) is 10.0. The van der Waals surface area contributed by atoms with E-state index in [0.29, 0.717) is 19.5 Å². The summed E-state index contributed by atoms with van der Waals surface area (Å²) in [5.41, 5.74) is 1.12. The van der Waals surface area contributed by atoms with E-state index in [2.05, 4.69) is 10.2 Å². The number of carbonyl (C=O) groups is 2. The largest absolute Gasteiger partial charge is 0.468 e. The zero-order valence-corrected chi connectivity index (χ0v) is 16.0. The molecule has 2 aromatic rings. The molecule has 1 aromatic heterocycles. The van der Waals surface area contributed by atoms with Gasteiger partial charge >= 0.3 is 0 Å². The van der Waals surface area contributed by atoms with E-state index in [9.17, 15) is 9.59 Å². The minimum atomic E-state index is -0.0788. The Morgan fingerprint density at radius 2 is 1.86 bits per heavy atom. The molecule has 0 saturated carbocycles. The van der Waals surface area contributed by atoms with Gasteiger partial charge in [-0.3, -0.25) is 14.5 Å². The van der Waals surface area contributed by atoms with Gasteiger partial charge in [0.2, 0.25) is 11.8 Å². The fraction of sp³-hybridized carbons (Fsp3) is 0.455. The van der Waals surface area contributed by atoms with Crippen LogP contribution in [0.15, 0.2) is 53.1 Å². The lowest BCUT2D eigenvalue weighted by Crippen LogP contribution is -2.44. The third-order valence-corrected chi connectivity index (χ3v) is 5.70. The Morgan fingerprint density at radius 3 is 2.57 bits per heavy atom. The number of carbonyl (C=O) groups excluding carboxylic acids is 2. The maximum Gasteiger partial charge on any atom is 0.225 e. The number of rotatable bonds is 6. The number of hydrogen-bond donors (Lipinski definition) is 1. The van der Waals surface area contributed by atoms with Crippen molar-refractivity contribution in [3.63, 3.8) is 0 Å². The molecule has 3 heterocycles. The maximum atomic E-state index is 12.7. The standard InChI is InChI=1S/C22H27N3O3/c26-21-13-19(15-25(21)14-17-5-2-1-3-6-17)23-22(27)18-8-10-24(11-9-18)16-20-7-4-12-28-20/h1-7,12,18-19H,8-11,13-16H2,(H,23,27). The third kappa shape index (κ3) is 4.62. The SMILES string of the molecule is O=C(NC1CC(=O)N(Cc2ccccc2)C1)C1CCN(Cc2ccco2)CC1. The summed E-state index contributed by atoms with van der Waals surface area (Å²) in [6.45, 7) is 3.78.